The van der Waals surface area contributed by atoms with Gasteiger partial charge in [0.15, 0.2) is 11.5 Å². The topological polar surface area (TPSA) is 114 Å². The molecule has 1 saturated carbocycles. The number of fused-ring (bicyclic) bond motifs is 2. The summed E-state index contributed by atoms with van der Waals surface area (Å²) in [5, 5.41) is 3.00. The summed E-state index contributed by atoms with van der Waals surface area (Å²) >= 11 is 0. The minimum Gasteiger partial charge on any atom is -0.497 e. The van der Waals surface area contributed by atoms with E-state index in [4.69, 9.17) is 14.2 Å². The lowest BCUT2D eigenvalue weighted by molar-refractivity contribution is -0.145. The molecule has 6 rings (SSSR count). The predicted molar refractivity (Wildman–Crippen MR) is 149 cm³/mol. The SMILES string of the molecule is COc1ccc(CN(C(=O)CN2C(=O)C(=O)c3ccccc32)C2(C(=O)Nc3ccc4c(c3)OCO4)CCCC2)cc1. The summed E-state index contributed by atoms with van der Waals surface area (Å²) in [5.41, 5.74) is 0.815. The normalized spacial score (nSPS) is 16.5. The van der Waals surface area contributed by atoms with Crippen molar-refractivity contribution in [3.8, 4) is 17.2 Å². The van der Waals surface area contributed by atoms with Crippen molar-refractivity contribution in [1.29, 1.82) is 0 Å². The summed E-state index contributed by atoms with van der Waals surface area (Å²) in [5.74, 6) is -0.354. The number of anilines is 2. The van der Waals surface area contributed by atoms with Crippen LogP contribution in [0.1, 0.15) is 41.6 Å². The van der Waals surface area contributed by atoms with Crippen LogP contribution in [0.25, 0.3) is 0 Å². The van der Waals surface area contributed by atoms with Crippen molar-refractivity contribution in [2.24, 2.45) is 0 Å². The number of ether oxygens (including phenoxy) is 3. The van der Waals surface area contributed by atoms with Crippen LogP contribution >= 0.6 is 0 Å². The Morgan fingerprint density at radius 3 is 2.46 bits per heavy atom. The van der Waals surface area contributed by atoms with Crippen LogP contribution in [0.3, 0.4) is 0 Å². The first-order valence-corrected chi connectivity index (χ1v) is 13.5. The number of carbonyl (C=O) groups excluding carboxylic acids is 4. The summed E-state index contributed by atoms with van der Waals surface area (Å²) < 4.78 is 16.1. The van der Waals surface area contributed by atoms with Gasteiger partial charge in [-0.15, -0.1) is 0 Å². The molecule has 3 amide bonds. The third kappa shape index (κ3) is 4.75. The van der Waals surface area contributed by atoms with Gasteiger partial charge in [-0.1, -0.05) is 37.1 Å². The lowest BCUT2D eigenvalue weighted by Gasteiger charge is -2.41. The molecule has 0 saturated heterocycles. The first kappa shape index (κ1) is 26.4. The Morgan fingerprint density at radius 1 is 0.976 bits per heavy atom. The maximum atomic E-state index is 14.2. The zero-order valence-electron chi connectivity index (χ0n) is 22.6. The highest BCUT2D eigenvalue weighted by Gasteiger charge is 2.49. The number of benzene rings is 3. The fraction of sp³-hybridized carbons (Fsp3) is 0.290. The molecule has 10 nitrogen and oxygen atoms in total. The molecule has 1 N–H and O–H groups in total. The molecule has 0 spiro atoms. The van der Waals surface area contributed by atoms with Crippen LogP contribution in [0, 0.1) is 0 Å². The summed E-state index contributed by atoms with van der Waals surface area (Å²) in [4.78, 5) is 56.6. The third-order valence-corrected chi connectivity index (χ3v) is 7.97. The molecule has 3 aliphatic rings. The first-order valence-electron chi connectivity index (χ1n) is 13.5. The number of amides is 3. The van der Waals surface area contributed by atoms with Crippen molar-refractivity contribution in [3.63, 3.8) is 0 Å². The number of hydrogen-bond donors (Lipinski definition) is 1. The second-order valence-electron chi connectivity index (χ2n) is 10.3. The Morgan fingerprint density at radius 2 is 1.71 bits per heavy atom. The average molecular weight is 556 g/mol. The molecule has 3 aromatic carbocycles. The molecule has 41 heavy (non-hydrogen) atoms. The second-order valence-corrected chi connectivity index (χ2v) is 10.3. The number of carbonyl (C=O) groups is 4. The highest BCUT2D eigenvalue weighted by Crippen LogP contribution is 2.40. The van der Waals surface area contributed by atoms with Crippen molar-refractivity contribution < 1.29 is 33.4 Å². The number of rotatable bonds is 8. The van der Waals surface area contributed by atoms with E-state index >= 15 is 0 Å². The summed E-state index contributed by atoms with van der Waals surface area (Å²) in [6, 6.07) is 19.1. The van der Waals surface area contributed by atoms with Crippen molar-refractivity contribution in [2.75, 3.05) is 30.7 Å². The standard InChI is InChI=1S/C31H29N3O7/c1-39-22-11-8-20(9-12-22)17-34(27(35)18-33-24-7-3-2-6-23(24)28(36)29(33)37)31(14-4-5-15-31)30(38)32-21-10-13-25-26(16-21)41-19-40-25/h2-3,6-13,16H,4-5,14-15,17-19H2,1H3,(H,32,38). The van der Waals surface area contributed by atoms with Gasteiger partial charge in [0.05, 0.1) is 18.4 Å². The molecule has 0 bridgehead atoms. The highest BCUT2D eigenvalue weighted by atomic mass is 16.7. The van der Waals surface area contributed by atoms with E-state index in [1.54, 1.807) is 66.6 Å². The molecule has 0 unspecified atom stereocenters. The van der Waals surface area contributed by atoms with E-state index < -0.39 is 23.1 Å². The van der Waals surface area contributed by atoms with Gasteiger partial charge in [-0.2, -0.15) is 0 Å². The van der Waals surface area contributed by atoms with Crippen LogP contribution in [0.5, 0.6) is 17.2 Å². The number of methoxy groups -OCH3 is 1. The van der Waals surface area contributed by atoms with Crippen molar-refractivity contribution >= 4 is 34.9 Å². The van der Waals surface area contributed by atoms with Crippen molar-refractivity contribution in [1.82, 2.24) is 4.90 Å². The smallest absolute Gasteiger partial charge is 0.299 e. The lowest BCUT2D eigenvalue weighted by atomic mass is 9.92. The van der Waals surface area contributed by atoms with E-state index in [-0.39, 0.29) is 31.4 Å². The number of nitrogens with zero attached hydrogens (tertiary/aromatic N) is 2. The Balaban J connectivity index is 1.33. The molecular weight excluding hydrogens is 526 g/mol. The molecule has 10 heteroatoms. The zero-order chi connectivity index (χ0) is 28.6. The maximum absolute atomic E-state index is 14.2. The molecule has 210 valence electrons. The third-order valence-electron chi connectivity index (χ3n) is 7.97. The van der Waals surface area contributed by atoms with Gasteiger partial charge in [0.2, 0.25) is 18.6 Å². The maximum Gasteiger partial charge on any atom is 0.299 e. The van der Waals surface area contributed by atoms with Crippen LogP contribution < -0.4 is 24.4 Å². The Hall–Kier alpha value is -4.86. The van der Waals surface area contributed by atoms with E-state index in [9.17, 15) is 19.2 Å². The minimum absolute atomic E-state index is 0.113. The molecule has 3 aromatic rings. The zero-order valence-corrected chi connectivity index (χ0v) is 22.6. The largest absolute Gasteiger partial charge is 0.497 e. The number of para-hydroxylation sites is 1. The Bertz CT molecular complexity index is 1530. The molecule has 1 aliphatic carbocycles. The molecular formula is C31H29N3O7. The van der Waals surface area contributed by atoms with Gasteiger partial charge >= 0.3 is 0 Å². The van der Waals surface area contributed by atoms with Crippen LogP contribution in [-0.4, -0.2) is 54.4 Å². The van der Waals surface area contributed by atoms with Gasteiger partial charge in [0.1, 0.15) is 17.8 Å². The van der Waals surface area contributed by atoms with Crippen LogP contribution in [0.15, 0.2) is 66.7 Å². The number of Topliss-reactive ketones (excluding diaryl/α,β-unsaturated/α-hetero) is 1. The molecule has 2 heterocycles. The second kappa shape index (κ2) is 10.6. The van der Waals surface area contributed by atoms with Crippen LogP contribution in [0.4, 0.5) is 11.4 Å². The highest BCUT2D eigenvalue weighted by molar-refractivity contribution is 6.52. The van der Waals surface area contributed by atoms with Crippen molar-refractivity contribution in [3.05, 3.63) is 77.9 Å². The van der Waals surface area contributed by atoms with Crippen molar-refractivity contribution in [2.45, 2.75) is 37.8 Å². The Labute approximate surface area is 236 Å². The molecule has 0 atom stereocenters. The molecule has 1 fully saturated rings. The fourth-order valence-electron chi connectivity index (χ4n) is 5.82. The van der Waals surface area contributed by atoms with Crippen LogP contribution in [-0.2, 0) is 20.9 Å². The predicted octanol–water partition coefficient (Wildman–Crippen LogP) is 3.93. The van der Waals surface area contributed by atoms with Gasteiger partial charge in [0.25, 0.3) is 11.7 Å². The van der Waals surface area contributed by atoms with E-state index in [0.29, 0.717) is 41.5 Å². The quantitative estimate of drug-likeness (QED) is 0.419. The molecule has 0 radical (unpaired) electrons. The van der Waals surface area contributed by atoms with Gasteiger partial charge in [-0.25, -0.2) is 0 Å². The fourth-order valence-corrected chi connectivity index (χ4v) is 5.82. The summed E-state index contributed by atoms with van der Waals surface area (Å²) in [6.07, 6.45) is 2.42. The van der Waals surface area contributed by atoms with Gasteiger partial charge in [-0.3, -0.25) is 24.1 Å². The average Bonchev–Trinajstić information content (AvgIpc) is 3.73. The van der Waals surface area contributed by atoms with E-state index in [1.807, 2.05) is 12.1 Å². The molecule has 2 aliphatic heterocycles. The number of nitrogens with one attached hydrogen (secondary N) is 1. The monoisotopic (exact) mass is 555 g/mol. The number of hydrogen-bond acceptors (Lipinski definition) is 7. The Kier molecular flexibility index (Phi) is 6.82. The first-order chi connectivity index (χ1) is 19.9. The van der Waals surface area contributed by atoms with E-state index in [2.05, 4.69) is 5.32 Å². The van der Waals surface area contributed by atoms with E-state index in [1.165, 1.54) is 4.90 Å². The molecule has 0 aromatic heterocycles. The van der Waals surface area contributed by atoms with Crippen LogP contribution in [0.2, 0.25) is 0 Å². The van der Waals surface area contributed by atoms with Gasteiger partial charge in [0, 0.05) is 18.3 Å². The van der Waals surface area contributed by atoms with E-state index in [0.717, 1.165) is 18.4 Å². The van der Waals surface area contributed by atoms with Gasteiger partial charge in [-0.05, 0) is 54.8 Å². The lowest BCUT2D eigenvalue weighted by Crippen LogP contribution is -2.59. The van der Waals surface area contributed by atoms with Gasteiger partial charge < -0.3 is 24.4 Å². The number of ketones is 1. The minimum atomic E-state index is -1.17. The summed E-state index contributed by atoms with van der Waals surface area (Å²) in [7, 11) is 1.57. The summed E-state index contributed by atoms with van der Waals surface area (Å²) in [6.45, 7) is -0.118.